The van der Waals surface area contributed by atoms with Crippen LogP contribution in [0.2, 0.25) is 0 Å². The molecule has 3 aliphatic rings. The van der Waals surface area contributed by atoms with E-state index in [0.29, 0.717) is 28.7 Å². The van der Waals surface area contributed by atoms with Crippen molar-refractivity contribution in [3.8, 4) is 11.5 Å². The molecule has 0 aromatic heterocycles. The molecule has 2 fully saturated rings. The molecular formula is C28H39N3O9S. The number of carbonyl (C=O) groups is 4. The number of phenolic OH excluding ortho intramolecular Hbond substituents is 2. The lowest BCUT2D eigenvalue weighted by Gasteiger charge is -2.50. The first kappa shape index (κ1) is 30.9. The second-order valence-corrected chi connectivity index (χ2v) is 12.8. The normalized spacial score (nSPS) is 28.0. The van der Waals surface area contributed by atoms with Crippen LogP contribution in [0.15, 0.2) is 11.0 Å². The summed E-state index contributed by atoms with van der Waals surface area (Å²) in [7, 11) is 0. The van der Waals surface area contributed by atoms with Crippen LogP contribution in [0.1, 0.15) is 68.9 Å². The molecule has 2 saturated carbocycles. The Hall–Kier alpha value is -3.03. The predicted molar refractivity (Wildman–Crippen MR) is 149 cm³/mol. The van der Waals surface area contributed by atoms with E-state index < -0.39 is 42.4 Å². The number of nitrogens with one attached hydrogen (secondary N) is 2. The van der Waals surface area contributed by atoms with Gasteiger partial charge in [0.2, 0.25) is 11.8 Å². The van der Waals surface area contributed by atoms with Crippen LogP contribution in [-0.2, 0) is 25.6 Å². The van der Waals surface area contributed by atoms with Crippen molar-refractivity contribution in [3.63, 3.8) is 0 Å². The van der Waals surface area contributed by atoms with Gasteiger partial charge in [0.25, 0.3) is 0 Å². The van der Waals surface area contributed by atoms with Gasteiger partial charge in [-0.25, -0.2) is 0 Å². The van der Waals surface area contributed by atoms with Gasteiger partial charge in [0.15, 0.2) is 11.5 Å². The van der Waals surface area contributed by atoms with Crippen molar-refractivity contribution < 1.29 is 44.7 Å². The van der Waals surface area contributed by atoms with Crippen LogP contribution < -0.4 is 16.4 Å². The molecule has 41 heavy (non-hydrogen) atoms. The van der Waals surface area contributed by atoms with Crippen molar-refractivity contribution in [2.45, 2.75) is 87.3 Å². The summed E-state index contributed by atoms with van der Waals surface area (Å²) in [6.45, 7) is 1.51. The predicted octanol–water partition coefficient (Wildman–Crippen LogP) is 1.28. The maximum absolute atomic E-state index is 12.7. The summed E-state index contributed by atoms with van der Waals surface area (Å²) < 4.78 is 0. The van der Waals surface area contributed by atoms with Crippen molar-refractivity contribution >= 4 is 35.5 Å². The molecule has 0 saturated heterocycles. The number of aliphatic hydroxyl groups is 1. The Morgan fingerprint density at radius 3 is 2.54 bits per heavy atom. The zero-order valence-corrected chi connectivity index (χ0v) is 23.8. The lowest BCUT2D eigenvalue weighted by Crippen LogP contribution is -2.49. The van der Waals surface area contributed by atoms with Crippen LogP contribution in [0.25, 0.3) is 0 Å². The van der Waals surface area contributed by atoms with Crippen molar-refractivity contribution in [2.24, 2.45) is 23.0 Å². The lowest BCUT2D eigenvalue weighted by molar-refractivity contribution is -0.139. The highest BCUT2D eigenvalue weighted by molar-refractivity contribution is 7.99. The number of nitrogens with two attached hydrogens (primary N) is 1. The number of carbonyl (C=O) groups excluding carboxylic acids is 2. The highest BCUT2D eigenvalue weighted by Gasteiger charge is 2.54. The van der Waals surface area contributed by atoms with E-state index >= 15 is 0 Å². The number of carboxylic acid groups (broad SMARTS) is 2. The Morgan fingerprint density at radius 1 is 1.12 bits per heavy atom. The number of rotatable bonds is 11. The minimum Gasteiger partial charge on any atom is -0.504 e. The van der Waals surface area contributed by atoms with Gasteiger partial charge in [0.1, 0.15) is 18.6 Å². The molecule has 0 heterocycles. The van der Waals surface area contributed by atoms with E-state index in [1.807, 2.05) is 6.07 Å². The van der Waals surface area contributed by atoms with Crippen molar-refractivity contribution in [3.05, 3.63) is 17.2 Å². The Kier molecular flexibility index (Phi) is 9.39. The van der Waals surface area contributed by atoms with Gasteiger partial charge >= 0.3 is 11.9 Å². The number of benzene rings is 1. The zero-order chi connectivity index (χ0) is 30.1. The molecule has 0 bridgehead atoms. The van der Waals surface area contributed by atoms with Gasteiger partial charge in [-0.1, -0.05) is 6.92 Å². The number of fused-ring (bicyclic) bond motifs is 5. The molecule has 3 aliphatic carbocycles. The third-order valence-corrected chi connectivity index (χ3v) is 10.5. The molecule has 0 radical (unpaired) electrons. The van der Waals surface area contributed by atoms with Crippen LogP contribution in [-0.4, -0.2) is 79.8 Å². The number of amides is 2. The van der Waals surface area contributed by atoms with Gasteiger partial charge < -0.3 is 41.9 Å². The summed E-state index contributed by atoms with van der Waals surface area (Å²) in [6, 6.07) is -0.604. The molecule has 4 rings (SSSR count). The monoisotopic (exact) mass is 593 g/mol. The first-order valence-electron chi connectivity index (χ1n) is 14.0. The van der Waals surface area contributed by atoms with E-state index in [9.17, 15) is 34.5 Å². The topological polar surface area (TPSA) is 220 Å². The Morgan fingerprint density at radius 2 is 1.85 bits per heavy atom. The van der Waals surface area contributed by atoms with Crippen molar-refractivity contribution in [2.75, 3.05) is 12.3 Å². The summed E-state index contributed by atoms with van der Waals surface area (Å²) in [5.74, 6) is -3.63. The fraction of sp³-hybridized carbons (Fsp3) is 0.643. The average Bonchev–Trinajstić information content (AvgIpc) is 3.24. The number of hydrogen-bond acceptors (Lipinski definition) is 9. The standard InChI is InChI=1S/C28H39N3O9S/c1-28-9-8-13-14(17(28)4-6-21(28)32)2-3-15-16(13)10-20(25(37)24(15)36)41-12-19(26(38)30-11-23(34)35)31-22(33)7-5-18(29)27(39)40/h10,13-14,17-19,21,32,36-37H,2-9,11-12,29H2,1H3,(H,30,38)(H,31,33)(H,34,35)(H,39,40)/t13-,14+,17-,18-,19-,21-,28-/m0/s1. The minimum absolute atomic E-state index is 0.0883. The van der Waals surface area contributed by atoms with E-state index in [0.717, 1.165) is 49.4 Å². The molecule has 0 spiro atoms. The molecule has 2 amide bonds. The van der Waals surface area contributed by atoms with Crippen molar-refractivity contribution in [1.29, 1.82) is 0 Å². The van der Waals surface area contributed by atoms with Gasteiger partial charge in [0.05, 0.1) is 11.0 Å². The summed E-state index contributed by atoms with van der Waals surface area (Å²) in [4.78, 5) is 47.4. The Bertz CT molecular complexity index is 1210. The number of thioether (sulfide) groups is 1. The van der Waals surface area contributed by atoms with Crippen LogP contribution >= 0.6 is 11.8 Å². The first-order chi connectivity index (χ1) is 19.3. The summed E-state index contributed by atoms with van der Waals surface area (Å²) in [5.41, 5.74) is 7.02. The van der Waals surface area contributed by atoms with E-state index in [4.69, 9.17) is 15.9 Å². The fourth-order valence-electron chi connectivity index (χ4n) is 7.07. The fourth-order valence-corrected chi connectivity index (χ4v) is 8.10. The molecule has 1 aromatic rings. The number of aliphatic hydroxyl groups excluding tert-OH is 1. The number of hydrogen-bond donors (Lipinski definition) is 8. The Balaban J connectivity index is 1.52. The SMILES string of the molecule is C[C@]12CC[C@@H]3c4cc(SC[C@H](NC(=O)CC[C@H](N)C(=O)O)C(=O)NCC(=O)O)c(O)c(O)c4CC[C@H]3[C@@H]1CC[C@@H]2O. The lowest BCUT2D eigenvalue weighted by atomic mass is 9.55. The molecule has 13 heteroatoms. The second-order valence-electron chi connectivity index (χ2n) is 11.7. The van der Waals surface area contributed by atoms with Crippen LogP contribution in [0.4, 0.5) is 0 Å². The molecule has 1 aromatic carbocycles. The second kappa shape index (κ2) is 12.5. The Labute approximate surface area is 242 Å². The zero-order valence-electron chi connectivity index (χ0n) is 23.0. The summed E-state index contributed by atoms with van der Waals surface area (Å²) in [5, 5.41) is 55.1. The minimum atomic E-state index is -1.27. The molecule has 0 aliphatic heterocycles. The van der Waals surface area contributed by atoms with Gasteiger partial charge in [-0.3, -0.25) is 19.2 Å². The van der Waals surface area contributed by atoms with Crippen LogP contribution in [0.3, 0.4) is 0 Å². The number of aliphatic carboxylic acids is 2. The van der Waals surface area contributed by atoms with E-state index in [2.05, 4.69) is 17.6 Å². The summed E-state index contributed by atoms with van der Waals surface area (Å²) in [6.07, 6.45) is 4.22. The van der Waals surface area contributed by atoms with Gasteiger partial charge in [-0.2, -0.15) is 0 Å². The van der Waals surface area contributed by atoms with Crippen LogP contribution in [0.5, 0.6) is 11.5 Å². The maximum Gasteiger partial charge on any atom is 0.322 e. The highest BCUT2D eigenvalue weighted by atomic mass is 32.2. The largest absolute Gasteiger partial charge is 0.504 e. The van der Waals surface area contributed by atoms with E-state index in [1.54, 1.807) is 0 Å². The van der Waals surface area contributed by atoms with Crippen LogP contribution in [0, 0.1) is 17.3 Å². The molecule has 0 unspecified atom stereocenters. The average molecular weight is 594 g/mol. The smallest absolute Gasteiger partial charge is 0.322 e. The number of carboxylic acids is 2. The van der Waals surface area contributed by atoms with Gasteiger partial charge in [-0.15, -0.1) is 11.8 Å². The molecular weight excluding hydrogens is 554 g/mol. The molecule has 12 nitrogen and oxygen atoms in total. The third kappa shape index (κ3) is 6.41. The van der Waals surface area contributed by atoms with E-state index in [1.165, 1.54) is 0 Å². The number of aromatic hydroxyl groups is 2. The molecule has 226 valence electrons. The maximum atomic E-state index is 12.7. The van der Waals surface area contributed by atoms with Gasteiger partial charge in [-0.05, 0) is 79.7 Å². The quantitative estimate of drug-likeness (QED) is 0.135. The number of phenols is 2. The highest BCUT2D eigenvalue weighted by Crippen LogP contribution is 2.62. The molecule has 9 N–H and O–H groups in total. The molecule has 7 atom stereocenters. The van der Waals surface area contributed by atoms with E-state index in [-0.39, 0.29) is 47.5 Å². The van der Waals surface area contributed by atoms with Crippen molar-refractivity contribution in [1.82, 2.24) is 10.6 Å². The third-order valence-electron chi connectivity index (χ3n) is 9.36. The van der Waals surface area contributed by atoms with Gasteiger partial charge in [0, 0.05) is 17.7 Å². The first-order valence-corrected chi connectivity index (χ1v) is 15.0. The summed E-state index contributed by atoms with van der Waals surface area (Å²) >= 11 is 1.04.